The maximum absolute atomic E-state index is 5.98. The van der Waals surface area contributed by atoms with Gasteiger partial charge in [0.05, 0.1) is 5.01 Å². The fraction of sp³-hybridized carbons (Fsp3) is 0.417. The molecule has 0 unspecified atom stereocenters. The first kappa shape index (κ1) is 14.0. The molecule has 2 heterocycles. The average Bonchev–Trinajstić information content (AvgIpc) is 2.87. The van der Waals surface area contributed by atoms with Crippen LogP contribution in [0.1, 0.15) is 16.8 Å². The Balaban J connectivity index is 1.94. The van der Waals surface area contributed by atoms with E-state index in [1.165, 1.54) is 11.2 Å². The summed E-state index contributed by atoms with van der Waals surface area (Å²) in [4.78, 5) is 13.8. The summed E-state index contributed by atoms with van der Waals surface area (Å²) in [5.74, 6) is 0.717. The van der Waals surface area contributed by atoms with Crippen molar-refractivity contribution in [1.29, 1.82) is 0 Å². The molecule has 19 heavy (non-hydrogen) atoms. The zero-order valence-corrected chi connectivity index (χ0v) is 12.5. The molecule has 0 amide bonds. The van der Waals surface area contributed by atoms with Crippen LogP contribution in [0, 0.1) is 0 Å². The molecule has 0 aromatic carbocycles. The lowest BCUT2D eigenvalue weighted by Crippen LogP contribution is -2.09. The molecular formula is C12H16ClN5S. The van der Waals surface area contributed by atoms with Crippen molar-refractivity contribution in [2.24, 2.45) is 0 Å². The van der Waals surface area contributed by atoms with E-state index in [2.05, 4.69) is 32.5 Å². The number of nitrogens with one attached hydrogen (secondary N) is 2. The van der Waals surface area contributed by atoms with E-state index in [0.717, 1.165) is 35.9 Å². The lowest BCUT2D eigenvalue weighted by molar-refractivity contribution is 0.981. The Bertz CT molecular complexity index is 543. The molecule has 0 aliphatic rings. The minimum Gasteiger partial charge on any atom is -0.383 e. The zero-order valence-electron chi connectivity index (χ0n) is 10.9. The highest BCUT2D eigenvalue weighted by molar-refractivity contribution is 7.11. The maximum Gasteiger partial charge on any atom is 0.157 e. The van der Waals surface area contributed by atoms with Crippen molar-refractivity contribution in [2.75, 3.05) is 24.2 Å². The largest absolute Gasteiger partial charge is 0.383 e. The predicted molar refractivity (Wildman–Crippen MR) is 80.3 cm³/mol. The molecule has 0 saturated carbocycles. The van der Waals surface area contributed by atoms with Crippen molar-refractivity contribution in [2.45, 2.75) is 19.8 Å². The van der Waals surface area contributed by atoms with E-state index in [4.69, 9.17) is 11.6 Å². The Kier molecular flexibility index (Phi) is 4.93. The van der Waals surface area contributed by atoms with Gasteiger partial charge in [-0.25, -0.2) is 15.0 Å². The third-order valence-electron chi connectivity index (χ3n) is 2.63. The van der Waals surface area contributed by atoms with Gasteiger partial charge in [-0.2, -0.15) is 0 Å². The second-order valence-corrected chi connectivity index (χ2v) is 5.45. The van der Waals surface area contributed by atoms with Gasteiger partial charge in [0.2, 0.25) is 0 Å². The molecule has 0 atom stereocenters. The van der Waals surface area contributed by atoms with Gasteiger partial charge in [-0.05, 0) is 6.42 Å². The first-order chi connectivity index (χ1) is 9.24. The molecule has 2 N–H and O–H groups in total. The van der Waals surface area contributed by atoms with E-state index in [-0.39, 0.29) is 0 Å². The summed E-state index contributed by atoms with van der Waals surface area (Å²) in [5, 5.41) is 7.80. The second kappa shape index (κ2) is 6.68. The lowest BCUT2D eigenvalue weighted by Gasteiger charge is -2.10. The highest BCUT2D eigenvalue weighted by Crippen LogP contribution is 2.25. The summed E-state index contributed by atoms with van der Waals surface area (Å²) in [6.45, 7) is 2.90. The number of hydrogen-bond donors (Lipinski definition) is 2. The molecule has 0 saturated heterocycles. The van der Waals surface area contributed by atoms with Crippen LogP contribution in [0.2, 0.25) is 5.15 Å². The van der Waals surface area contributed by atoms with E-state index in [1.807, 2.05) is 6.20 Å². The van der Waals surface area contributed by atoms with Crippen molar-refractivity contribution in [3.8, 4) is 0 Å². The highest BCUT2D eigenvalue weighted by Gasteiger charge is 2.08. The van der Waals surface area contributed by atoms with Crippen LogP contribution >= 0.6 is 22.9 Å². The molecule has 0 bridgehead atoms. The lowest BCUT2D eigenvalue weighted by atomic mass is 10.4. The second-order valence-electron chi connectivity index (χ2n) is 3.89. The molecule has 2 aromatic heterocycles. The van der Waals surface area contributed by atoms with Crippen LogP contribution in [0.25, 0.3) is 0 Å². The van der Waals surface area contributed by atoms with Crippen molar-refractivity contribution in [3.05, 3.63) is 27.6 Å². The fourth-order valence-electron chi connectivity index (χ4n) is 1.63. The Morgan fingerprint density at radius 3 is 2.84 bits per heavy atom. The summed E-state index contributed by atoms with van der Waals surface area (Å²) in [7, 11) is 1.80. The van der Waals surface area contributed by atoms with Crippen LogP contribution < -0.4 is 10.6 Å². The first-order valence-electron chi connectivity index (χ1n) is 6.10. The van der Waals surface area contributed by atoms with Crippen LogP contribution in [0.3, 0.4) is 0 Å². The van der Waals surface area contributed by atoms with E-state index >= 15 is 0 Å². The van der Waals surface area contributed by atoms with Gasteiger partial charge in [0.25, 0.3) is 0 Å². The minimum absolute atomic E-state index is 0.419. The predicted octanol–water partition coefficient (Wildman–Crippen LogP) is 2.85. The number of anilines is 2. The number of rotatable bonds is 6. The summed E-state index contributed by atoms with van der Waals surface area (Å²) in [5.41, 5.74) is 0.720. The summed E-state index contributed by atoms with van der Waals surface area (Å²) < 4.78 is 0. The number of nitrogens with zero attached hydrogens (tertiary/aromatic N) is 3. The SMILES string of the molecule is CCc1cnc(CCNc2ncnc(Cl)c2NC)s1. The van der Waals surface area contributed by atoms with Gasteiger partial charge in [-0.15, -0.1) is 11.3 Å². The van der Waals surface area contributed by atoms with E-state index in [9.17, 15) is 0 Å². The van der Waals surface area contributed by atoms with Crippen LogP contribution in [0.15, 0.2) is 12.5 Å². The van der Waals surface area contributed by atoms with Gasteiger partial charge in [-0.3, -0.25) is 0 Å². The zero-order chi connectivity index (χ0) is 13.7. The van der Waals surface area contributed by atoms with Crippen LogP contribution in [-0.4, -0.2) is 28.5 Å². The molecular weight excluding hydrogens is 282 g/mol. The Morgan fingerprint density at radius 2 is 2.16 bits per heavy atom. The average molecular weight is 298 g/mol. The van der Waals surface area contributed by atoms with Crippen molar-refractivity contribution in [3.63, 3.8) is 0 Å². The Morgan fingerprint density at radius 1 is 1.32 bits per heavy atom. The molecule has 0 aliphatic carbocycles. The smallest absolute Gasteiger partial charge is 0.157 e. The molecule has 2 aromatic rings. The summed E-state index contributed by atoms with van der Waals surface area (Å²) in [6, 6.07) is 0. The van der Waals surface area contributed by atoms with Crippen LogP contribution in [0.4, 0.5) is 11.5 Å². The molecule has 0 fully saturated rings. The van der Waals surface area contributed by atoms with Gasteiger partial charge >= 0.3 is 0 Å². The van der Waals surface area contributed by atoms with Crippen molar-refractivity contribution >= 4 is 34.4 Å². The van der Waals surface area contributed by atoms with E-state index < -0.39 is 0 Å². The Hall–Kier alpha value is -1.40. The number of aromatic nitrogens is 3. The van der Waals surface area contributed by atoms with Crippen molar-refractivity contribution in [1.82, 2.24) is 15.0 Å². The standard InChI is InChI=1S/C12H16ClN5S/c1-3-8-6-16-9(19-8)4-5-15-12-10(14-2)11(13)17-7-18-12/h6-7,14H,3-5H2,1-2H3,(H,15,17,18). The van der Waals surface area contributed by atoms with Crippen LogP contribution in [0.5, 0.6) is 0 Å². The summed E-state index contributed by atoms with van der Waals surface area (Å²) in [6.07, 6.45) is 5.30. The van der Waals surface area contributed by atoms with Gasteiger partial charge in [0, 0.05) is 31.1 Å². The van der Waals surface area contributed by atoms with Gasteiger partial charge in [0.15, 0.2) is 11.0 Å². The molecule has 0 aliphatic heterocycles. The van der Waals surface area contributed by atoms with E-state index in [1.54, 1.807) is 18.4 Å². The van der Waals surface area contributed by atoms with Crippen molar-refractivity contribution < 1.29 is 0 Å². The summed E-state index contributed by atoms with van der Waals surface area (Å²) >= 11 is 7.74. The topological polar surface area (TPSA) is 62.7 Å². The minimum atomic E-state index is 0.419. The van der Waals surface area contributed by atoms with Gasteiger partial charge in [-0.1, -0.05) is 18.5 Å². The van der Waals surface area contributed by atoms with Crippen LogP contribution in [-0.2, 0) is 12.8 Å². The quantitative estimate of drug-likeness (QED) is 0.803. The third-order valence-corrected chi connectivity index (χ3v) is 4.12. The molecule has 5 nitrogen and oxygen atoms in total. The van der Waals surface area contributed by atoms with Gasteiger partial charge < -0.3 is 10.6 Å². The molecule has 0 spiro atoms. The molecule has 7 heteroatoms. The number of halogens is 1. The molecule has 2 rings (SSSR count). The van der Waals surface area contributed by atoms with E-state index in [0.29, 0.717) is 5.15 Å². The number of thiazole rings is 1. The molecule has 0 radical (unpaired) electrons. The van der Waals surface area contributed by atoms with Gasteiger partial charge in [0.1, 0.15) is 12.0 Å². The number of hydrogen-bond acceptors (Lipinski definition) is 6. The Labute approximate surface area is 121 Å². The first-order valence-corrected chi connectivity index (χ1v) is 7.29. The maximum atomic E-state index is 5.98. The third kappa shape index (κ3) is 3.54. The number of aryl methyl sites for hydroxylation is 1. The fourth-order valence-corrected chi connectivity index (χ4v) is 2.72. The normalized spacial score (nSPS) is 10.5. The highest BCUT2D eigenvalue weighted by atomic mass is 35.5. The monoisotopic (exact) mass is 297 g/mol. The molecule has 102 valence electrons.